The number of nitrogens with one attached hydrogen (secondary N) is 1. The minimum absolute atomic E-state index is 0.274. The maximum atomic E-state index is 12.4. The molecule has 1 fully saturated rings. The van der Waals surface area contributed by atoms with Crippen molar-refractivity contribution in [3.8, 4) is 0 Å². The van der Waals surface area contributed by atoms with Crippen molar-refractivity contribution in [1.29, 1.82) is 0 Å². The zero-order valence-electron chi connectivity index (χ0n) is 19.5. The lowest BCUT2D eigenvalue weighted by Gasteiger charge is -2.36. The van der Waals surface area contributed by atoms with E-state index in [1.54, 1.807) is 4.90 Å². The van der Waals surface area contributed by atoms with E-state index in [9.17, 15) is 9.59 Å². The normalized spacial score (nSPS) is 14.1. The maximum Gasteiger partial charge on any atom is 0.410 e. The minimum Gasteiger partial charge on any atom is -0.445 e. The molecule has 1 saturated heterocycles. The van der Waals surface area contributed by atoms with Crippen LogP contribution in [0.3, 0.4) is 0 Å². The van der Waals surface area contributed by atoms with E-state index in [4.69, 9.17) is 21.1 Å². The molecule has 0 aromatic heterocycles. The Morgan fingerprint density at radius 1 is 1.00 bits per heavy atom. The summed E-state index contributed by atoms with van der Waals surface area (Å²) in [6.45, 7) is 8.75. The zero-order valence-corrected chi connectivity index (χ0v) is 20.2. The van der Waals surface area contributed by atoms with Crippen molar-refractivity contribution in [2.24, 2.45) is 0 Å². The van der Waals surface area contributed by atoms with Gasteiger partial charge in [-0.1, -0.05) is 48.0 Å². The molecule has 0 bridgehead atoms. The van der Waals surface area contributed by atoms with Gasteiger partial charge in [-0.2, -0.15) is 0 Å². The van der Waals surface area contributed by atoms with Gasteiger partial charge in [-0.05, 0) is 50.5 Å². The fraction of sp³-hybridized carbons (Fsp3) is 0.440. The van der Waals surface area contributed by atoms with Crippen molar-refractivity contribution < 1.29 is 19.1 Å². The van der Waals surface area contributed by atoms with Crippen LogP contribution in [0.4, 0.5) is 15.3 Å². The molecule has 0 unspecified atom stereocenters. The van der Waals surface area contributed by atoms with E-state index in [2.05, 4.69) is 10.2 Å². The fourth-order valence-electron chi connectivity index (χ4n) is 3.53. The van der Waals surface area contributed by atoms with E-state index in [-0.39, 0.29) is 12.7 Å². The molecule has 33 heavy (non-hydrogen) atoms. The molecule has 0 aliphatic carbocycles. The predicted octanol–water partition coefficient (Wildman–Crippen LogP) is 4.87. The number of carbonyl (C=O) groups is 2. The third-order valence-corrected chi connectivity index (χ3v) is 5.48. The highest BCUT2D eigenvalue weighted by Gasteiger charge is 2.23. The SMILES string of the molecule is CC(C)(C)OC(=O)NCCc1ccc(N2CCN(C(=O)OCc3ccccc3)CC2)c(Cl)c1. The summed E-state index contributed by atoms with van der Waals surface area (Å²) in [7, 11) is 0. The van der Waals surface area contributed by atoms with Gasteiger partial charge in [-0.15, -0.1) is 0 Å². The Hall–Kier alpha value is -2.93. The first-order valence-corrected chi connectivity index (χ1v) is 11.5. The number of amides is 2. The van der Waals surface area contributed by atoms with E-state index < -0.39 is 11.7 Å². The van der Waals surface area contributed by atoms with Crippen molar-refractivity contribution in [1.82, 2.24) is 10.2 Å². The molecular formula is C25H32ClN3O4. The molecule has 178 valence electrons. The summed E-state index contributed by atoms with van der Waals surface area (Å²) in [6.07, 6.45) is -0.0666. The third-order valence-electron chi connectivity index (χ3n) is 5.18. The number of ether oxygens (including phenoxy) is 2. The van der Waals surface area contributed by atoms with E-state index in [1.165, 1.54) is 0 Å². The predicted molar refractivity (Wildman–Crippen MR) is 130 cm³/mol. The number of hydrogen-bond acceptors (Lipinski definition) is 5. The second-order valence-corrected chi connectivity index (χ2v) is 9.39. The number of hydrogen-bond donors (Lipinski definition) is 1. The molecule has 2 aromatic carbocycles. The number of anilines is 1. The summed E-state index contributed by atoms with van der Waals surface area (Å²) in [4.78, 5) is 28.0. The molecule has 0 atom stereocenters. The average molecular weight is 474 g/mol. The standard InChI is InChI=1S/C25H32ClN3O4/c1-25(2,3)33-23(30)27-12-11-19-9-10-22(21(26)17-19)28-13-15-29(16-14-28)24(31)32-18-20-7-5-4-6-8-20/h4-10,17H,11-16,18H2,1-3H3,(H,27,30). The van der Waals surface area contributed by atoms with Crippen LogP contribution in [-0.4, -0.2) is 55.4 Å². The summed E-state index contributed by atoms with van der Waals surface area (Å²) in [5.74, 6) is 0. The van der Waals surface area contributed by atoms with E-state index in [1.807, 2.05) is 69.3 Å². The first-order chi connectivity index (χ1) is 15.7. The first kappa shape index (κ1) is 24.7. The van der Waals surface area contributed by atoms with E-state index in [0.717, 1.165) is 16.8 Å². The molecule has 1 heterocycles. The monoisotopic (exact) mass is 473 g/mol. The van der Waals surface area contributed by atoms with Crippen LogP contribution in [0.15, 0.2) is 48.5 Å². The van der Waals surface area contributed by atoms with Crippen molar-refractivity contribution in [3.05, 3.63) is 64.7 Å². The van der Waals surface area contributed by atoms with E-state index >= 15 is 0 Å². The summed E-state index contributed by atoms with van der Waals surface area (Å²) in [6, 6.07) is 15.6. The van der Waals surface area contributed by atoms with Gasteiger partial charge in [0.05, 0.1) is 10.7 Å². The smallest absolute Gasteiger partial charge is 0.410 e. The van der Waals surface area contributed by atoms with Crippen LogP contribution >= 0.6 is 11.6 Å². The highest BCUT2D eigenvalue weighted by Crippen LogP contribution is 2.28. The van der Waals surface area contributed by atoms with Gasteiger partial charge in [0.15, 0.2) is 0 Å². The summed E-state index contributed by atoms with van der Waals surface area (Å²) < 4.78 is 10.7. The number of nitrogens with zero attached hydrogens (tertiary/aromatic N) is 2. The van der Waals surface area contributed by atoms with Gasteiger partial charge < -0.3 is 24.6 Å². The van der Waals surface area contributed by atoms with Crippen molar-refractivity contribution in [3.63, 3.8) is 0 Å². The number of rotatable bonds is 6. The fourth-order valence-corrected chi connectivity index (χ4v) is 3.85. The van der Waals surface area contributed by atoms with Crippen LogP contribution in [0.25, 0.3) is 0 Å². The second-order valence-electron chi connectivity index (χ2n) is 8.98. The zero-order chi connectivity index (χ0) is 23.8. The highest BCUT2D eigenvalue weighted by atomic mass is 35.5. The number of piperazine rings is 1. The van der Waals surface area contributed by atoms with Crippen molar-refractivity contribution in [2.75, 3.05) is 37.6 Å². The minimum atomic E-state index is -0.516. The first-order valence-electron chi connectivity index (χ1n) is 11.2. The van der Waals surface area contributed by atoms with Crippen LogP contribution in [0.5, 0.6) is 0 Å². The Labute approximate surface area is 200 Å². The molecule has 1 aliphatic rings. The lowest BCUT2D eigenvalue weighted by molar-refractivity contribution is 0.0528. The molecule has 8 heteroatoms. The van der Waals surface area contributed by atoms with Gasteiger partial charge in [-0.3, -0.25) is 0 Å². The Morgan fingerprint density at radius 3 is 2.33 bits per heavy atom. The van der Waals surface area contributed by atoms with Crippen LogP contribution < -0.4 is 10.2 Å². The second kappa shape index (κ2) is 11.3. The molecule has 1 aliphatic heterocycles. The van der Waals surface area contributed by atoms with Crippen molar-refractivity contribution in [2.45, 2.75) is 39.4 Å². The molecule has 0 spiro atoms. The van der Waals surface area contributed by atoms with Gasteiger partial charge >= 0.3 is 12.2 Å². The number of carbonyl (C=O) groups excluding carboxylic acids is 2. The third kappa shape index (κ3) is 7.86. The van der Waals surface area contributed by atoms with Crippen LogP contribution in [0.1, 0.15) is 31.9 Å². The van der Waals surface area contributed by atoms with Gasteiger partial charge in [-0.25, -0.2) is 9.59 Å². The Morgan fingerprint density at radius 2 is 1.70 bits per heavy atom. The number of halogens is 1. The molecule has 1 N–H and O–H groups in total. The Balaban J connectivity index is 1.44. The number of benzene rings is 2. The van der Waals surface area contributed by atoms with Gasteiger partial charge in [0.25, 0.3) is 0 Å². The maximum absolute atomic E-state index is 12.4. The highest BCUT2D eigenvalue weighted by molar-refractivity contribution is 6.33. The molecular weight excluding hydrogens is 442 g/mol. The lowest BCUT2D eigenvalue weighted by atomic mass is 10.1. The lowest BCUT2D eigenvalue weighted by Crippen LogP contribution is -2.49. The number of alkyl carbamates (subject to hydrolysis) is 1. The molecule has 0 saturated carbocycles. The average Bonchev–Trinajstić information content (AvgIpc) is 2.77. The van der Waals surface area contributed by atoms with Crippen molar-refractivity contribution >= 4 is 29.5 Å². The van der Waals surface area contributed by atoms with Crippen LogP contribution in [0.2, 0.25) is 5.02 Å². The van der Waals surface area contributed by atoms with Gasteiger partial charge in [0.2, 0.25) is 0 Å². The molecule has 0 radical (unpaired) electrons. The van der Waals surface area contributed by atoms with Crippen LogP contribution in [-0.2, 0) is 22.5 Å². The summed E-state index contributed by atoms with van der Waals surface area (Å²) >= 11 is 6.55. The van der Waals surface area contributed by atoms with Crippen LogP contribution in [0, 0.1) is 0 Å². The molecule has 7 nitrogen and oxygen atoms in total. The van der Waals surface area contributed by atoms with Gasteiger partial charge in [0.1, 0.15) is 12.2 Å². The Bertz CT molecular complexity index is 938. The molecule has 3 rings (SSSR count). The molecule has 2 aromatic rings. The topological polar surface area (TPSA) is 71.1 Å². The van der Waals surface area contributed by atoms with Gasteiger partial charge in [0, 0.05) is 32.7 Å². The van der Waals surface area contributed by atoms with E-state index in [0.29, 0.717) is 44.2 Å². The quantitative estimate of drug-likeness (QED) is 0.648. The summed E-state index contributed by atoms with van der Waals surface area (Å²) in [5, 5.41) is 3.41. The molecule has 2 amide bonds. The summed E-state index contributed by atoms with van der Waals surface area (Å²) in [5.41, 5.74) is 2.43. The largest absolute Gasteiger partial charge is 0.445 e. The Kier molecular flexibility index (Phi) is 8.44.